The average molecular weight is 228 g/mol. The minimum Gasteiger partial charge on any atom is -0.359 e. The Labute approximate surface area is 93.9 Å². The Balaban J connectivity index is 2.81. The van der Waals surface area contributed by atoms with Gasteiger partial charge in [0.2, 0.25) is 6.10 Å². The van der Waals surface area contributed by atoms with Crippen LogP contribution in [0.3, 0.4) is 0 Å². The molecule has 6 heteroatoms. The molecular weight excluding hydrogens is 212 g/mol. The molecule has 1 heterocycles. The van der Waals surface area contributed by atoms with Gasteiger partial charge in [0.25, 0.3) is 11.8 Å². The van der Waals surface area contributed by atoms with E-state index in [9.17, 15) is 14.4 Å². The molecule has 4 amide bonds. The third-order valence-electron chi connectivity index (χ3n) is 2.15. The molecule has 1 aliphatic rings. The van der Waals surface area contributed by atoms with Gasteiger partial charge in [-0.1, -0.05) is 6.92 Å². The molecule has 0 aromatic carbocycles. The van der Waals surface area contributed by atoms with Gasteiger partial charge in [0.1, 0.15) is 0 Å². The molecule has 1 unspecified atom stereocenters. The predicted molar refractivity (Wildman–Crippen MR) is 55.6 cm³/mol. The number of hydrogen-bond acceptors (Lipinski definition) is 4. The molecule has 0 bridgehead atoms. The summed E-state index contributed by atoms with van der Waals surface area (Å²) in [4.78, 5) is 35.6. The van der Waals surface area contributed by atoms with Gasteiger partial charge in [-0.3, -0.25) is 19.8 Å². The largest absolute Gasteiger partial charge is 0.359 e. The van der Waals surface area contributed by atoms with Crippen LogP contribution in [-0.4, -0.2) is 41.5 Å². The van der Waals surface area contributed by atoms with Crippen LogP contribution in [0.15, 0.2) is 0 Å². The van der Waals surface area contributed by atoms with Crippen LogP contribution in [0.1, 0.15) is 27.2 Å². The first-order chi connectivity index (χ1) is 7.49. The maximum Gasteiger partial charge on any atom is 0.331 e. The number of ether oxygens (including phenoxy) is 1. The number of carbonyl (C=O) groups is 3. The summed E-state index contributed by atoms with van der Waals surface area (Å²) in [5, 5.41) is 2.10. The Morgan fingerprint density at radius 3 is 2.50 bits per heavy atom. The Morgan fingerprint density at radius 1 is 1.38 bits per heavy atom. The topological polar surface area (TPSA) is 75.7 Å². The van der Waals surface area contributed by atoms with Crippen molar-refractivity contribution in [3.8, 4) is 0 Å². The quantitative estimate of drug-likeness (QED) is 0.701. The third-order valence-corrected chi connectivity index (χ3v) is 2.15. The maximum atomic E-state index is 11.8. The SMILES string of the molecule is CCCOC1C(=O)NC(=O)N(C(C)C)C1=O. The first-order valence-electron chi connectivity index (χ1n) is 5.28. The van der Waals surface area contributed by atoms with Crippen molar-refractivity contribution in [1.29, 1.82) is 0 Å². The molecular formula is C10H16N2O4. The normalized spacial score (nSPS) is 21.6. The highest BCUT2D eigenvalue weighted by Gasteiger charge is 2.42. The molecule has 1 rings (SSSR count). The molecule has 6 nitrogen and oxygen atoms in total. The molecule has 0 spiro atoms. The molecule has 0 aliphatic carbocycles. The minimum absolute atomic E-state index is 0.298. The molecule has 0 radical (unpaired) electrons. The summed E-state index contributed by atoms with van der Waals surface area (Å²) in [7, 11) is 0. The number of amides is 4. The van der Waals surface area contributed by atoms with Crippen molar-refractivity contribution in [2.45, 2.75) is 39.3 Å². The second-order valence-electron chi connectivity index (χ2n) is 3.85. The molecule has 0 aromatic heterocycles. The monoisotopic (exact) mass is 228 g/mol. The van der Waals surface area contributed by atoms with E-state index in [1.807, 2.05) is 6.92 Å². The van der Waals surface area contributed by atoms with Gasteiger partial charge >= 0.3 is 6.03 Å². The highest BCUT2D eigenvalue weighted by Crippen LogP contribution is 2.11. The number of imide groups is 2. The lowest BCUT2D eigenvalue weighted by Gasteiger charge is -2.32. The van der Waals surface area contributed by atoms with Crippen molar-refractivity contribution in [3.63, 3.8) is 0 Å². The third kappa shape index (κ3) is 2.38. The van der Waals surface area contributed by atoms with E-state index in [1.165, 1.54) is 0 Å². The number of hydrogen-bond donors (Lipinski definition) is 1. The van der Waals surface area contributed by atoms with Gasteiger partial charge < -0.3 is 4.74 Å². The van der Waals surface area contributed by atoms with Gasteiger partial charge in [-0.25, -0.2) is 4.79 Å². The lowest BCUT2D eigenvalue weighted by molar-refractivity contribution is -0.154. The highest BCUT2D eigenvalue weighted by atomic mass is 16.5. The Morgan fingerprint density at radius 2 is 2.00 bits per heavy atom. The van der Waals surface area contributed by atoms with Crippen LogP contribution in [-0.2, 0) is 14.3 Å². The summed E-state index contributed by atoms with van der Waals surface area (Å²) in [5.74, 6) is -1.27. The van der Waals surface area contributed by atoms with Gasteiger partial charge in [0.05, 0.1) is 0 Å². The van der Waals surface area contributed by atoms with Crippen molar-refractivity contribution in [3.05, 3.63) is 0 Å². The fourth-order valence-corrected chi connectivity index (χ4v) is 1.44. The summed E-state index contributed by atoms with van der Waals surface area (Å²) in [6, 6.07) is -0.977. The number of rotatable bonds is 4. The Bertz CT molecular complexity index is 314. The van der Waals surface area contributed by atoms with Crippen molar-refractivity contribution < 1.29 is 19.1 Å². The van der Waals surface area contributed by atoms with Gasteiger partial charge in [0, 0.05) is 12.6 Å². The Kier molecular flexibility index (Phi) is 4.00. The number of carbonyl (C=O) groups excluding carboxylic acids is 3. The highest BCUT2D eigenvalue weighted by molar-refractivity contribution is 6.18. The first-order valence-corrected chi connectivity index (χ1v) is 5.28. The van der Waals surface area contributed by atoms with E-state index in [0.29, 0.717) is 13.0 Å². The molecule has 1 N–H and O–H groups in total. The van der Waals surface area contributed by atoms with Crippen LogP contribution < -0.4 is 5.32 Å². The van der Waals surface area contributed by atoms with E-state index in [1.54, 1.807) is 13.8 Å². The van der Waals surface area contributed by atoms with E-state index in [2.05, 4.69) is 5.32 Å². The summed E-state index contributed by atoms with van der Waals surface area (Å²) in [5.41, 5.74) is 0. The number of urea groups is 1. The van der Waals surface area contributed by atoms with E-state index >= 15 is 0 Å². The Hall–Kier alpha value is -1.43. The number of nitrogens with one attached hydrogen (secondary N) is 1. The zero-order valence-corrected chi connectivity index (χ0v) is 9.65. The number of barbiturate groups is 1. The van der Waals surface area contributed by atoms with Gasteiger partial charge in [-0.15, -0.1) is 0 Å². The molecule has 1 aliphatic heterocycles. The van der Waals surface area contributed by atoms with Gasteiger partial charge in [-0.05, 0) is 20.3 Å². The second kappa shape index (κ2) is 5.07. The molecule has 1 atom stereocenters. The first kappa shape index (κ1) is 12.6. The lowest BCUT2D eigenvalue weighted by Crippen LogP contribution is -2.63. The van der Waals surface area contributed by atoms with Crippen molar-refractivity contribution in [1.82, 2.24) is 10.2 Å². The van der Waals surface area contributed by atoms with Gasteiger partial charge in [-0.2, -0.15) is 0 Å². The molecule has 1 saturated heterocycles. The summed E-state index contributed by atoms with van der Waals surface area (Å²) in [6.07, 6.45) is -0.493. The van der Waals surface area contributed by atoms with Crippen molar-refractivity contribution in [2.75, 3.05) is 6.61 Å². The second-order valence-corrected chi connectivity index (χ2v) is 3.85. The van der Waals surface area contributed by atoms with E-state index in [-0.39, 0.29) is 6.04 Å². The van der Waals surface area contributed by atoms with Crippen molar-refractivity contribution >= 4 is 17.8 Å². The summed E-state index contributed by atoms with van der Waals surface area (Å²) < 4.78 is 5.13. The molecule has 16 heavy (non-hydrogen) atoms. The van der Waals surface area contributed by atoms with Crippen LogP contribution >= 0.6 is 0 Å². The van der Waals surface area contributed by atoms with E-state index in [4.69, 9.17) is 4.74 Å². The van der Waals surface area contributed by atoms with Crippen LogP contribution in [0.5, 0.6) is 0 Å². The summed E-state index contributed by atoms with van der Waals surface area (Å²) in [6.45, 7) is 5.58. The van der Waals surface area contributed by atoms with Crippen LogP contribution in [0.25, 0.3) is 0 Å². The molecule has 0 aromatic rings. The average Bonchev–Trinajstić information content (AvgIpc) is 2.16. The smallest absolute Gasteiger partial charge is 0.331 e. The lowest BCUT2D eigenvalue weighted by atomic mass is 10.2. The number of nitrogens with zero attached hydrogens (tertiary/aromatic N) is 1. The zero-order chi connectivity index (χ0) is 12.3. The van der Waals surface area contributed by atoms with Crippen LogP contribution in [0.4, 0.5) is 4.79 Å². The summed E-state index contributed by atoms with van der Waals surface area (Å²) >= 11 is 0. The zero-order valence-electron chi connectivity index (χ0n) is 9.65. The predicted octanol–water partition coefficient (Wildman–Crippen LogP) is 0.268. The molecule has 90 valence electrons. The molecule has 1 fully saturated rings. The fourth-order valence-electron chi connectivity index (χ4n) is 1.44. The minimum atomic E-state index is -1.19. The standard InChI is InChI=1S/C10H16N2O4/c1-4-5-16-7-8(13)11-10(15)12(6(2)3)9(7)14/h6-7H,4-5H2,1-3H3,(H,11,13,15). The van der Waals surface area contributed by atoms with Gasteiger partial charge in [0.15, 0.2) is 0 Å². The van der Waals surface area contributed by atoms with Crippen molar-refractivity contribution in [2.24, 2.45) is 0 Å². The van der Waals surface area contributed by atoms with E-state index in [0.717, 1.165) is 4.90 Å². The van der Waals surface area contributed by atoms with Crippen LogP contribution in [0.2, 0.25) is 0 Å². The maximum absolute atomic E-state index is 11.8. The fraction of sp³-hybridized carbons (Fsp3) is 0.700. The molecule has 0 saturated carbocycles. The van der Waals surface area contributed by atoms with Crippen LogP contribution in [0, 0.1) is 0 Å². The van der Waals surface area contributed by atoms with E-state index < -0.39 is 23.9 Å².